The summed E-state index contributed by atoms with van der Waals surface area (Å²) in [6.45, 7) is 5.27. The summed E-state index contributed by atoms with van der Waals surface area (Å²) in [6, 6.07) is 18.1. The van der Waals surface area contributed by atoms with Crippen LogP contribution in [0.25, 0.3) is 0 Å². The van der Waals surface area contributed by atoms with Gasteiger partial charge in [0.05, 0.1) is 15.6 Å². The van der Waals surface area contributed by atoms with Gasteiger partial charge in [-0.05, 0) is 54.8 Å². The highest BCUT2D eigenvalue weighted by atomic mass is 35.5. The van der Waals surface area contributed by atoms with Gasteiger partial charge in [-0.3, -0.25) is 13.9 Å². The number of sulfonamides is 1. The van der Waals surface area contributed by atoms with Crippen LogP contribution in [-0.4, -0.2) is 44.3 Å². The number of amides is 2. The number of anilines is 1. The van der Waals surface area contributed by atoms with Gasteiger partial charge in [-0.15, -0.1) is 0 Å². The molecule has 3 aromatic carbocycles. The normalized spacial score (nSPS) is 12.2. The van der Waals surface area contributed by atoms with Gasteiger partial charge in [0.25, 0.3) is 10.0 Å². The Kier molecular flexibility index (Phi) is 10.7. The smallest absolute Gasteiger partial charge is 0.264 e. The summed E-state index contributed by atoms with van der Waals surface area (Å²) in [5, 5.41) is 3.58. The summed E-state index contributed by atoms with van der Waals surface area (Å²) in [6.07, 6.45) is 0. The molecule has 0 aliphatic rings. The average Bonchev–Trinajstić information content (AvgIpc) is 2.91. The van der Waals surface area contributed by atoms with Crippen LogP contribution < -0.4 is 9.62 Å². The van der Waals surface area contributed by atoms with E-state index in [4.69, 9.17) is 34.8 Å². The fourth-order valence-electron chi connectivity index (χ4n) is 3.76. The van der Waals surface area contributed by atoms with E-state index in [0.717, 1.165) is 4.31 Å². The molecule has 1 N–H and O–H groups in total. The van der Waals surface area contributed by atoms with E-state index in [2.05, 4.69) is 5.32 Å². The van der Waals surface area contributed by atoms with E-state index in [0.29, 0.717) is 17.1 Å². The standard InChI is InChI=1S/C28H30Cl3N3O4S/c1-19(2)16-32-28(36)20(3)33(17-21-9-7-8-12-24(21)30)27(35)18-34(26-15-22(29)13-14-25(26)31)39(37,38)23-10-5-4-6-11-23/h4-15,19-20H,16-18H2,1-3H3,(H,32,36)/t20-/m0/s1. The summed E-state index contributed by atoms with van der Waals surface area (Å²) in [5.74, 6) is -0.801. The second-order valence-corrected chi connectivity index (χ2v) is 12.5. The van der Waals surface area contributed by atoms with Crippen molar-refractivity contribution < 1.29 is 18.0 Å². The van der Waals surface area contributed by atoms with Crippen molar-refractivity contribution in [1.29, 1.82) is 0 Å². The number of carbonyl (C=O) groups excluding carboxylic acids is 2. The summed E-state index contributed by atoms with van der Waals surface area (Å²) >= 11 is 19.0. The van der Waals surface area contributed by atoms with Gasteiger partial charge in [0.15, 0.2) is 0 Å². The molecule has 0 fully saturated rings. The Morgan fingerprint density at radius 1 is 0.872 bits per heavy atom. The van der Waals surface area contributed by atoms with Gasteiger partial charge < -0.3 is 10.2 Å². The summed E-state index contributed by atoms with van der Waals surface area (Å²) in [7, 11) is -4.25. The first-order valence-electron chi connectivity index (χ1n) is 12.2. The molecule has 0 aromatic heterocycles. The van der Waals surface area contributed by atoms with Crippen molar-refractivity contribution in [3.8, 4) is 0 Å². The van der Waals surface area contributed by atoms with Crippen molar-refractivity contribution >= 4 is 62.3 Å². The third-order valence-corrected chi connectivity index (χ3v) is 8.63. The minimum atomic E-state index is -4.25. The van der Waals surface area contributed by atoms with Crippen molar-refractivity contribution in [1.82, 2.24) is 10.2 Å². The van der Waals surface area contributed by atoms with Crippen LogP contribution in [0, 0.1) is 5.92 Å². The Morgan fingerprint density at radius 3 is 2.15 bits per heavy atom. The molecule has 208 valence electrons. The molecule has 0 aliphatic carbocycles. The van der Waals surface area contributed by atoms with Gasteiger partial charge in [-0.1, -0.05) is 85.0 Å². The molecule has 0 saturated heterocycles. The quantitative estimate of drug-likeness (QED) is 0.287. The lowest BCUT2D eigenvalue weighted by Gasteiger charge is -2.32. The maximum absolute atomic E-state index is 13.9. The van der Waals surface area contributed by atoms with Crippen molar-refractivity contribution in [2.75, 3.05) is 17.4 Å². The zero-order valence-electron chi connectivity index (χ0n) is 21.8. The monoisotopic (exact) mass is 609 g/mol. The maximum Gasteiger partial charge on any atom is 0.264 e. The van der Waals surface area contributed by atoms with Crippen molar-refractivity contribution in [2.24, 2.45) is 5.92 Å². The Bertz CT molecular complexity index is 1420. The molecule has 0 saturated carbocycles. The number of benzene rings is 3. The van der Waals surface area contributed by atoms with Gasteiger partial charge in [0.2, 0.25) is 11.8 Å². The first kappa shape index (κ1) is 30.8. The van der Waals surface area contributed by atoms with Crippen LogP contribution in [0.4, 0.5) is 5.69 Å². The van der Waals surface area contributed by atoms with Crippen LogP contribution in [0.5, 0.6) is 0 Å². The number of rotatable bonds is 11. The van der Waals surface area contributed by atoms with E-state index in [9.17, 15) is 18.0 Å². The van der Waals surface area contributed by atoms with Crippen molar-refractivity contribution in [3.05, 3.63) is 93.4 Å². The topological polar surface area (TPSA) is 86.8 Å². The minimum Gasteiger partial charge on any atom is -0.354 e. The van der Waals surface area contributed by atoms with E-state index in [-0.39, 0.29) is 39.0 Å². The SMILES string of the molecule is CC(C)CNC(=O)[C@H](C)N(Cc1ccccc1Cl)C(=O)CN(c1cc(Cl)ccc1Cl)S(=O)(=O)c1ccccc1. The summed E-state index contributed by atoms with van der Waals surface area (Å²) < 4.78 is 28.5. The Labute approximate surface area is 244 Å². The second kappa shape index (κ2) is 13.5. The van der Waals surface area contributed by atoms with Crippen molar-refractivity contribution in [3.63, 3.8) is 0 Å². The zero-order valence-corrected chi connectivity index (χ0v) is 24.9. The van der Waals surface area contributed by atoms with Gasteiger partial charge >= 0.3 is 0 Å². The molecule has 0 spiro atoms. The minimum absolute atomic E-state index is 0.0166. The lowest BCUT2D eigenvalue weighted by molar-refractivity contribution is -0.139. The molecule has 0 bridgehead atoms. The van der Waals surface area contributed by atoms with Crippen LogP contribution >= 0.6 is 34.8 Å². The van der Waals surface area contributed by atoms with Crippen LogP contribution in [-0.2, 0) is 26.2 Å². The van der Waals surface area contributed by atoms with E-state index in [1.54, 1.807) is 49.4 Å². The molecule has 39 heavy (non-hydrogen) atoms. The Morgan fingerprint density at radius 2 is 1.51 bits per heavy atom. The lowest BCUT2D eigenvalue weighted by Crippen LogP contribution is -2.51. The molecule has 0 unspecified atom stereocenters. The molecule has 0 aliphatic heterocycles. The van der Waals surface area contributed by atoms with Gasteiger partial charge in [-0.25, -0.2) is 8.42 Å². The molecule has 7 nitrogen and oxygen atoms in total. The van der Waals surface area contributed by atoms with Gasteiger partial charge in [0, 0.05) is 23.1 Å². The molecule has 11 heteroatoms. The van der Waals surface area contributed by atoms with Crippen LogP contribution in [0.1, 0.15) is 26.3 Å². The third kappa shape index (κ3) is 7.88. The van der Waals surface area contributed by atoms with E-state index >= 15 is 0 Å². The summed E-state index contributed by atoms with van der Waals surface area (Å²) in [4.78, 5) is 28.2. The maximum atomic E-state index is 13.9. The van der Waals surface area contributed by atoms with E-state index in [1.165, 1.54) is 35.2 Å². The first-order chi connectivity index (χ1) is 18.4. The number of hydrogen-bond donors (Lipinski definition) is 1. The average molecular weight is 611 g/mol. The first-order valence-corrected chi connectivity index (χ1v) is 14.8. The van der Waals surface area contributed by atoms with Crippen LogP contribution in [0.2, 0.25) is 15.1 Å². The highest BCUT2D eigenvalue weighted by Crippen LogP contribution is 2.33. The molecular weight excluding hydrogens is 581 g/mol. The number of nitrogens with one attached hydrogen (secondary N) is 1. The number of hydrogen-bond acceptors (Lipinski definition) is 4. The predicted octanol–water partition coefficient (Wildman–Crippen LogP) is 6.03. The highest BCUT2D eigenvalue weighted by molar-refractivity contribution is 7.92. The highest BCUT2D eigenvalue weighted by Gasteiger charge is 2.33. The number of halogens is 3. The van der Waals surface area contributed by atoms with Crippen LogP contribution in [0.15, 0.2) is 77.7 Å². The molecule has 0 heterocycles. The molecule has 3 aromatic rings. The Hall–Kier alpha value is -2.78. The molecule has 2 amide bonds. The van der Waals surface area contributed by atoms with Crippen molar-refractivity contribution in [2.45, 2.75) is 38.3 Å². The molecule has 1 atom stereocenters. The summed E-state index contributed by atoms with van der Waals surface area (Å²) in [5.41, 5.74) is 0.644. The van der Waals surface area contributed by atoms with Crippen LogP contribution in [0.3, 0.4) is 0 Å². The number of carbonyl (C=O) groups is 2. The lowest BCUT2D eigenvalue weighted by atomic mass is 10.1. The molecule has 3 rings (SSSR count). The van der Waals surface area contributed by atoms with Gasteiger partial charge in [0.1, 0.15) is 12.6 Å². The number of nitrogens with zero attached hydrogens (tertiary/aromatic N) is 2. The molecular formula is C28H30Cl3N3O4S. The fourth-order valence-corrected chi connectivity index (χ4v) is 5.83. The Balaban J connectivity index is 2.05. The largest absolute Gasteiger partial charge is 0.354 e. The van der Waals surface area contributed by atoms with E-state index < -0.39 is 28.5 Å². The second-order valence-electron chi connectivity index (χ2n) is 9.35. The fraction of sp³-hybridized carbons (Fsp3) is 0.286. The third-order valence-electron chi connectivity index (χ3n) is 5.94. The van der Waals surface area contributed by atoms with Gasteiger partial charge in [-0.2, -0.15) is 0 Å². The predicted molar refractivity (Wildman–Crippen MR) is 157 cm³/mol. The zero-order chi connectivity index (χ0) is 28.7. The molecule has 0 radical (unpaired) electrons. The van der Waals surface area contributed by atoms with E-state index in [1.807, 2.05) is 13.8 Å².